The molecular weight excluding hydrogens is 274 g/mol. The highest BCUT2D eigenvalue weighted by Gasteiger charge is 2.44. The minimum absolute atomic E-state index is 0.284. The van der Waals surface area contributed by atoms with E-state index >= 15 is 0 Å². The lowest BCUT2D eigenvalue weighted by Crippen LogP contribution is -2.38. The molecule has 116 valence electrons. The highest BCUT2D eigenvalue weighted by molar-refractivity contribution is 6.59. The predicted molar refractivity (Wildman–Crippen MR) is 84.9 cm³/mol. The highest BCUT2D eigenvalue weighted by atomic mass is 28.4. The van der Waals surface area contributed by atoms with Crippen molar-refractivity contribution in [1.82, 2.24) is 0 Å². The third kappa shape index (κ3) is 10.5. The van der Waals surface area contributed by atoms with E-state index in [2.05, 4.69) is 15.5 Å². The summed E-state index contributed by atoms with van der Waals surface area (Å²) < 4.78 is 16.0. The van der Waals surface area contributed by atoms with Gasteiger partial charge in [-0.25, -0.2) is 0 Å². The maximum atomic E-state index is 5.34. The third-order valence-corrected chi connectivity index (χ3v) is 3.04. The third-order valence-electron chi connectivity index (χ3n) is 1.73. The zero-order chi connectivity index (χ0) is 15.6. The maximum Gasteiger partial charge on any atom is 0.759 e. The summed E-state index contributed by atoms with van der Waals surface area (Å²) >= 11 is 0. The molecule has 0 saturated heterocycles. The largest absolute Gasteiger partial charge is 0.759 e. The molecule has 0 fully saturated rings. The molecule has 6 nitrogen and oxygen atoms in total. The summed E-state index contributed by atoms with van der Waals surface area (Å²) in [6.07, 6.45) is 5.03. The van der Waals surface area contributed by atoms with E-state index in [-0.39, 0.29) is 17.8 Å². The molecular formula is C13H27N3O3Si. The van der Waals surface area contributed by atoms with Crippen LogP contribution in [0.3, 0.4) is 0 Å². The van der Waals surface area contributed by atoms with E-state index in [9.17, 15) is 0 Å². The lowest BCUT2D eigenvalue weighted by molar-refractivity contribution is 0.0735. The molecule has 0 aliphatic rings. The molecule has 0 atom stereocenters. The summed E-state index contributed by atoms with van der Waals surface area (Å²) in [6.45, 7) is 13.7. The van der Waals surface area contributed by atoms with Gasteiger partial charge in [0, 0.05) is 25.2 Å². The van der Waals surface area contributed by atoms with Gasteiger partial charge in [0.05, 0.1) is 0 Å². The van der Waals surface area contributed by atoms with E-state index in [0.717, 1.165) is 0 Å². The Kier molecular flexibility index (Phi) is 8.86. The van der Waals surface area contributed by atoms with Gasteiger partial charge in [-0.3, -0.25) is 0 Å². The topological polar surface area (TPSA) is 64.8 Å². The number of oxime groups is 3. The normalized spacial score (nSPS) is 15.9. The molecule has 0 bridgehead atoms. The molecule has 7 heteroatoms. The van der Waals surface area contributed by atoms with Gasteiger partial charge in [0.1, 0.15) is 0 Å². The van der Waals surface area contributed by atoms with Gasteiger partial charge in [0.25, 0.3) is 0 Å². The smallest absolute Gasteiger partial charge is 0.374 e. The summed E-state index contributed by atoms with van der Waals surface area (Å²) in [5.41, 5.74) is 0. The van der Waals surface area contributed by atoms with Crippen LogP contribution in [-0.4, -0.2) is 27.4 Å². The van der Waals surface area contributed by atoms with Crippen LogP contribution in [0.1, 0.15) is 41.5 Å². The van der Waals surface area contributed by atoms with Gasteiger partial charge in [0.2, 0.25) is 0 Å². The average Bonchev–Trinajstić information content (AvgIpc) is 2.27. The predicted octanol–water partition coefficient (Wildman–Crippen LogP) is 3.53. The van der Waals surface area contributed by atoms with Crippen LogP contribution in [0.25, 0.3) is 0 Å². The molecule has 0 radical (unpaired) electrons. The molecule has 0 N–H and O–H groups in total. The summed E-state index contributed by atoms with van der Waals surface area (Å²) in [5.74, 6) is 0.852. The van der Waals surface area contributed by atoms with Crippen LogP contribution in [0, 0.1) is 17.8 Å². The summed E-state index contributed by atoms with van der Waals surface area (Å²) in [7, 11) is -3.04. The SMILES string of the molecule is CC(C)C=NO[Si](C)(ON=CC(C)C)ON=CC(C)C. The van der Waals surface area contributed by atoms with Crippen LogP contribution in [0.2, 0.25) is 6.55 Å². The van der Waals surface area contributed by atoms with Crippen molar-refractivity contribution < 1.29 is 13.6 Å². The van der Waals surface area contributed by atoms with Gasteiger partial charge in [-0.05, 0) is 17.8 Å². The van der Waals surface area contributed by atoms with E-state index in [4.69, 9.17) is 13.6 Å². The molecule has 0 rings (SSSR count). The number of hydrogen-bond acceptors (Lipinski definition) is 6. The standard InChI is InChI=1S/C13H27N3O3Si/c1-11(2)8-14-17-20(7,18-15-9-12(3)4)19-16-10-13(5)6/h8-13H,1-7H3. The average molecular weight is 301 g/mol. The Labute approximate surface area is 123 Å². The molecule has 0 aromatic heterocycles. The van der Waals surface area contributed by atoms with Crippen molar-refractivity contribution in [2.24, 2.45) is 33.2 Å². The van der Waals surface area contributed by atoms with Gasteiger partial charge in [-0.15, -0.1) is 15.5 Å². The molecule has 0 spiro atoms. The second kappa shape index (κ2) is 9.52. The van der Waals surface area contributed by atoms with E-state index in [1.54, 1.807) is 25.2 Å². The van der Waals surface area contributed by atoms with Crippen LogP contribution in [0.5, 0.6) is 0 Å². The molecule has 0 heterocycles. The molecule has 0 aromatic carbocycles. The van der Waals surface area contributed by atoms with Crippen molar-refractivity contribution in [3.05, 3.63) is 0 Å². The summed E-state index contributed by atoms with van der Waals surface area (Å²) in [4.78, 5) is 0. The number of hydrogen-bond donors (Lipinski definition) is 0. The van der Waals surface area contributed by atoms with Crippen molar-refractivity contribution in [2.75, 3.05) is 0 Å². The van der Waals surface area contributed by atoms with Gasteiger partial charge in [-0.2, -0.15) is 0 Å². The Balaban J connectivity index is 4.65. The Bertz CT molecular complexity index is 291. The molecule has 0 aliphatic heterocycles. The van der Waals surface area contributed by atoms with Crippen molar-refractivity contribution in [3.8, 4) is 0 Å². The minimum Gasteiger partial charge on any atom is -0.374 e. The second-order valence-electron chi connectivity index (χ2n) is 5.63. The monoisotopic (exact) mass is 301 g/mol. The van der Waals surface area contributed by atoms with Gasteiger partial charge in [0.15, 0.2) is 0 Å². The summed E-state index contributed by atoms with van der Waals surface area (Å²) in [5, 5.41) is 11.6. The molecule has 0 aliphatic carbocycles. The van der Waals surface area contributed by atoms with E-state index in [1.165, 1.54) is 0 Å². The van der Waals surface area contributed by atoms with Gasteiger partial charge < -0.3 is 13.6 Å². The van der Waals surface area contributed by atoms with Crippen LogP contribution < -0.4 is 0 Å². The van der Waals surface area contributed by atoms with Crippen molar-refractivity contribution in [1.29, 1.82) is 0 Å². The first-order valence-electron chi connectivity index (χ1n) is 6.90. The van der Waals surface area contributed by atoms with Gasteiger partial charge >= 0.3 is 8.80 Å². The fraction of sp³-hybridized carbons (Fsp3) is 0.769. The molecule has 0 saturated carbocycles. The quantitative estimate of drug-likeness (QED) is 0.372. The lowest BCUT2D eigenvalue weighted by atomic mass is 10.3. The molecule has 0 amide bonds. The van der Waals surface area contributed by atoms with E-state index < -0.39 is 8.80 Å². The number of rotatable bonds is 9. The van der Waals surface area contributed by atoms with Crippen LogP contribution in [-0.2, 0) is 13.6 Å². The Morgan fingerprint density at radius 2 is 0.900 bits per heavy atom. The van der Waals surface area contributed by atoms with Crippen molar-refractivity contribution in [3.63, 3.8) is 0 Å². The van der Waals surface area contributed by atoms with Gasteiger partial charge in [-0.1, -0.05) is 41.5 Å². The zero-order valence-corrected chi connectivity index (χ0v) is 14.5. The Hall–Kier alpha value is -1.37. The van der Waals surface area contributed by atoms with Crippen LogP contribution in [0.15, 0.2) is 15.5 Å². The highest BCUT2D eigenvalue weighted by Crippen LogP contribution is 2.11. The zero-order valence-electron chi connectivity index (χ0n) is 13.5. The lowest BCUT2D eigenvalue weighted by Gasteiger charge is -2.17. The molecule has 0 aromatic rings. The maximum absolute atomic E-state index is 5.34. The van der Waals surface area contributed by atoms with Crippen LogP contribution in [0.4, 0.5) is 0 Å². The fourth-order valence-electron chi connectivity index (χ4n) is 0.794. The van der Waals surface area contributed by atoms with Crippen molar-refractivity contribution >= 4 is 27.4 Å². The van der Waals surface area contributed by atoms with Crippen LogP contribution >= 0.6 is 0 Å². The van der Waals surface area contributed by atoms with E-state index in [1.807, 2.05) is 41.5 Å². The molecule has 20 heavy (non-hydrogen) atoms. The first-order valence-corrected chi connectivity index (χ1v) is 9.12. The van der Waals surface area contributed by atoms with Crippen molar-refractivity contribution in [2.45, 2.75) is 48.1 Å². The minimum atomic E-state index is -3.04. The fourth-order valence-corrected chi connectivity index (χ4v) is 1.65. The summed E-state index contributed by atoms with van der Waals surface area (Å²) in [6, 6.07) is 0. The first-order chi connectivity index (χ1) is 9.25. The Morgan fingerprint density at radius 1 is 0.650 bits per heavy atom. The Morgan fingerprint density at radius 3 is 1.10 bits per heavy atom. The second-order valence-corrected chi connectivity index (χ2v) is 7.90. The first kappa shape index (κ1) is 18.6. The molecule has 0 unspecified atom stereocenters. The number of nitrogens with zero attached hydrogens (tertiary/aromatic N) is 3. The van der Waals surface area contributed by atoms with E-state index in [0.29, 0.717) is 0 Å².